The normalized spacial score (nSPS) is 12.4. The molecule has 0 heterocycles. The summed E-state index contributed by atoms with van der Waals surface area (Å²) in [5, 5.41) is 11.7. The second-order valence-electron chi connectivity index (χ2n) is 4.18. The highest BCUT2D eigenvalue weighted by Crippen LogP contribution is 2.11. The standard InChI is InChI=1S/C9H15N3O4/c1-9(2,3)16-7(13)5-4-6(8(14)15)11-12-10/h6H,4-5H2,1-3H3,(H,14,15)/t6-/m0/s1. The highest BCUT2D eigenvalue weighted by Gasteiger charge is 2.20. The Hall–Kier alpha value is -1.75. The molecule has 16 heavy (non-hydrogen) atoms. The van der Waals surface area contributed by atoms with E-state index >= 15 is 0 Å². The molecular weight excluding hydrogens is 214 g/mol. The Morgan fingerprint density at radius 2 is 2.06 bits per heavy atom. The molecule has 0 aromatic rings. The smallest absolute Gasteiger partial charge is 0.312 e. The molecule has 0 radical (unpaired) electrons. The van der Waals surface area contributed by atoms with Crippen molar-refractivity contribution in [2.24, 2.45) is 5.11 Å². The Bertz CT molecular complexity index is 313. The molecule has 0 aliphatic carbocycles. The number of rotatable bonds is 5. The molecule has 0 saturated heterocycles. The molecule has 7 nitrogen and oxygen atoms in total. The molecule has 7 heteroatoms. The SMILES string of the molecule is CC(C)(C)OC(=O)CC[C@H](N=[N+]=[N-])C(=O)O. The average Bonchev–Trinajstić information content (AvgIpc) is 2.08. The van der Waals surface area contributed by atoms with Crippen molar-refractivity contribution in [2.45, 2.75) is 45.3 Å². The van der Waals surface area contributed by atoms with Gasteiger partial charge in [-0.2, -0.15) is 0 Å². The fourth-order valence-electron chi connectivity index (χ4n) is 0.940. The predicted octanol–water partition coefficient (Wildman–Crippen LogP) is 1.87. The lowest BCUT2D eigenvalue weighted by molar-refractivity contribution is -0.155. The van der Waals surface area contributed by atoms with E-state index < -0.39 is 23.6 Å². The molecule has 1 atom stereocenters. The van der Waals surface area contributed by atoms with Gasteiger partial charge in [0.05, 0.1) is 0 Å². The van der Waals surface area contributed by atoms with Crippen LogP contribution >= 0.6 is 0 Å². The van der Waals surface area contributed by atoms with Gasteiger partial charge in [0.15, 0.2) is 0 Å². The summed E-state index contributed by atoms with van der Waals surface area (Å²) in [6, 6.07) is -1.22. The van der Waals surface area contributed by atoms with Gasteiger partial charge in [-0.1, -0.05) is 5.11 Å². The van der Waals surface area contributed by atoms with Crippen molar-refractivity contribution < 1.29 is 19.4 Å². The summed E-state index contributed by atoms with van der Waals surface area (Å²) < 4.78 is 4.98. The number of hydrogen-bond acceptors (Lipinski definition) is 4. The van der Waals surface area contributed by atoms with E-state index in [2.05, 4.69) is 10.0 Å². The van der Waals surface area contributed by atoms with Crippen LogP contribution in [0.4, 0.5) is 0 Å². The Morgan fingerprint density at radius 3 is 2.44 bits per heavy atom. The number of esters is 1. The van der Waals surface area contributed by atoms with Crippen LogP contribution in [0.25, 0.3) is 10.4 Å². The summed E-state index contributed by atoms with van der Waals surface area (Å²) >= 11 is 0. The minimum Gasteiger partial charge on any atom is -0.481 e. The van der Waals surface area contributed by atoms with E-state index in [0.29, 0.717) is 0 Å². The fourth-order valence-corrected chi connectivity index (χ4v) is 0.940. The predicted molar refractivity (Wildman–Crippen MR) is 55.6 cm³/mol. The van der Waals surface area contributed by atoms with Gasteiger partial charge in [0, 0.05) is 11.3 Å². The van der Waals surface area contributed by atoms with Crippen LogP contribution in [0.5, 0.6) is 0 Å². The first-order chi connectivity index (χ1) is 7.26. The van der Waals surface area contributed by atoms with Crippen LogP contribution in [0.3, 0.4) is 0 Å². The molecule has 0 aliphatic rings. The van der Waals surface area contributed by atoms with Crippen LogP contribution in [-0.2, 0) is 14.3 Å². The van der Waals surface area contributed by atoms with Gasteiger partial charge in [0.1, 0.15) is 11.6 Å². The molecule has 0 amide bonds. The van der Waals surface area contributed by atoms with Crippen molar-refractivity contribution in [3.8, 4) is 0 Å². The third-order valence-electron chi connectivity index (χ3n) is 1.52. The van der Waals surface area contributed by atoms with Gasteiger partial charge in [0.25, 0.3) is 0 Å². The van der Waals surface area contributed by atoms with E-state index in [0.717, 1.165) is 0 Å². The molecular formula is C9H15N3O4. The van der Waals surface area contributed by atoms with Crippen molar-refractivity contribution in [1.82, 2.24) is 0 Å². The number of carbonyl (C=O) groups excluding carboxylic acids is 1. The summed E-state index contributed by atoms with van der Waals surface area (Å²) in [4.78, 5) is 24.2. The Labute approximate surface area is 93.0 Å². The van der Waals surface area contributed by atoms with Gasteiger partial charge in [0.2, 0.25) is 0 Å². The van der Waals surface area contributed by atoms with Crippen molar-refractivity contribution in [3.63, 3.8) is 0 Å². The monoisotopic (exact) mass is 229 g/mol. The van der Waals surface area contributed by atoms with E-state index in [1.54, 1.807) is 20.8 Å². The zero-order chi connectivity index (χ0) is 12.8. The topological polar surface area (TPSA) is 112 Å². The van der Waals surface area contributed by atoms with Crippen LogP contribution in [0.2, 0.25) is 0 Å². The summed E-state index contributed by atoms with van der Waals surface area (Å²) in [7, 11) is 0. The molecule has 0 rings (SSSR count). The first kappa shape index (κ1) is 14.2. The summed E-state index contributed by atoms with van der Waals surface area (Å²) in [6.07, 6.45) is -0.151. The highest BCUT2D eigenvalue weighted by molar-refractivity contribution is 5.75. The van der Waals surface area contributed by atoms with Gasteiger partial charge in [-0.15, -0.1) is 0 Å². The van der Waals surface area contributed by atoms with Gasteiger partial charge in [-0.25, -0.2) is 0 Å². The first-order valence-corrected chi connectivity index (χ1v) is 4.75. The van der Waals surface area contributed by atoms with Gasteiger partial charge < -0.3 is 9.84 Å². The molecule has 0 aliphatic heterocycles. The molecule has 0 bridgehead atoms. The van der Waals surface area contributed by atoms with Crippen molar-refractivity contribution >= 4 is 11.9 Å². The van der Waals surface area contributed by atoms with E-state index in [1.807, 2.05) is 0 Å². The largest absolute Gasteiger partial charge is 0.481 e. The van der Waals surface area contributed by atoms with Crippen molar-refractivity contribution in [2.75, 3.05) is 0 Å². The number of carbonyl (C=O) groups is 2. The number of carboxylic acids is 1. The van der Waals surface area contributed by atoms with Gasteiger partial charge >= 0.3 is 11.9 Å². The summed E-state index contributed by atoms with van der Waals surface area (Å²) in [6.45, 7) is 5.15. The van der Waals surface area contributed by atoms with E-state index in [9.17, 15) is 9.59 Å². The summed E-state index contributed by atoms with van der Waals surface area (Å²) in [5.41, 5.74) is 7.51. The molecule has 0 aromatic carbocycles. The minimum atomic E-state index is -1.25. The number of ether oxygens (including phenoxy) is 1. The third kappa shape index (κ3) is 6.67. The maximum atomic E-state index is 11.2. The zero-order valence-corrected chi connectivity index (χ0v) is 9.51. The van der Waals surface area contributed by atoms with Crippen LogP contribution in [-0.4, -0.2) is 28.7 Å². The number of nitrogens with zero attached hydrogens (tertiary/aromatic N) is 3. The lowest BCUT2D eigenvalue weighted by atomic mass is 10.1. The van der Waals surface area contributed by atoms with Crippen LogP contribution in [0.1, 0.15) is 33.6 Å². The van der Waals surface area contributed by atoms with Crippen LogP contribution in [0, 0.1) is 0 Å². The number of carboxylic acid groups (broad SMARTS) is 1. The number of azide groups is 1. The summed E-state index contributed by atoms with van der Waals surface area (Å²) in [5.74, 6) is -1.76. The van der Waals surface area contributed by atoms with E-state index in [-0.39, 0.29) is 12.8 Å². The Morgan fingerprint density at radius 1 is 1.50 bits per heavy atom. The van der Waals surface area contributed by atoms with Gasteiger partial charge in [-0.05, 0) is 32.7 Å². The molecule has 0 aromatic heterocycles. The Balaban J connectivity index is 4.17. The number of hydrogen-bond donors (Lipinski definition) is 1. The lowest BCUT2D eigenvalue weighted by Gasteiger charge is -2.19. The molecule has 0 fully saturated rings. The maximum absolute atomic E-state index is 11.2. The van der Waals surface area contributed by atoms with Crippen molar-refractivity contribution in [3.05, 3.63) is 10.4 Å². The highest BCUT2D eigenvalue weighted by atomic mass is 16.6. The number of aliphatic carboxylic acids is 1. The maximum Gasteiger partial charge on any atom is 0.312 e. The van der Waals surface area contributed by atoms with Crippen LogP contribution < -0.4 is 0 Å². The fraction of sp³-hybridized carbons (Fsp3) is 0.778. The lowest BCUT2D eigenvalue weighted by Crippen LogP contribution is -2.25. The quantitative estimate of drug-likeness (QED) is 0.335. The second kappa shape index (κ2) is 5.97. The average molecular weight is 229 g/mol. The molecule has 0 saturated carbocycles. The Kier molecular flexibility index (Phi) is 5.32. The first-order valence-electron chi connectivity index (χ1n) is 4.75. The van der Waals surface area contributed by atoms with Gasteiger partial charge in [-0.3, -0.25) is 9.59 Å². The molecule has 0 spiro atoms. The molecule has 1 N–H and O–H groups in total. The second-order valence-corrected chi connectivity index (χ2v) is 4.18. The molecule has 0 unspecified atom stereocenters. The van der Waals surface area contributed by atoms with E-state index in [1.165, 1.54) is 0 Å². The molecule has 90 valence electrons. The van der Waals surface area contributed by atoms with Crippen molar-refractivity contribution in [1.29, 1.82) is 0 Å². The minimum absolute atomic E-state index is 0.0612. The zero-order valence-electron chi connectivity index (χ0n) is 9.51. The van der Waals surface area contributed by atoms with Crippen LogP contribution in [0.15, 0.2) is 5.11 Å². The van der Waals surface area contributed by atoms with E-state index in [4.69, 9.17) is 15.4 Å². The third-order valence-corrected chi connectivity index (χ3v) is 1.52.